The number of hydrogen-bond acceptors (Lipinski definition) is 6. The molecule has 0 amide bonds. The van der Waals surface area contributed by atoms with Crippen LogP contribution in [0.5, 0.6) is 17.4 Å². The van der Waals surface area contributed by atoms with Crippen molar-refractivity contribution in [3.05, 3.63) is 77.7 Å². The van der Waals surface area contributed by atoms with Gasteiger partial charge in [0.25, 0.3) is 0 Å². The van der Waals surface area contributed by atoms with Crippen LogP contribution in [0.15, 0.2) is 60.8 Å². The van der Waals surface area contributed by atoms with E-state index < -0.39 is 0 Å². The summed E-state index contributed by atoms with van der Waals surface area (Å²) in [5.41, 5.74) is 3.03. The number of aromatic nitrogens is 1. The number of ether oxygens (including phenoxy) is 3. The molecule has 1 aromatic heterocycles. The monoisotopic (exact) mass is 452 g/mol. The highest BCUT2D eigenvalue weighted by Gasteiger charge is 2.26. The van der Waals surface area contributed by atoms with Crippen LogP contribution in [-0.2, 0) is 11.2 Å². The Bertz CT molecular complexity index is 1060. The van der Waals surface area contributed by atoms with Gasteiger partial charge < -0.3 is 24.2 Å². The van der Waals surface area contributed by atoms with Gasteiger partial charge in [-0.15, -0.1) is 0 Å². The first-order valence-electron chi connectivity index (χ1n) is 11.1. The second-order valence-corrected chi connectivity index (χ2v) is 8.07. The van der Waals surface area contributed by atoms with Crippen LogP contribution in [0, 0.1) is 5.82 Å². The van der Waals surface area contributed by atoms with Crippen molar-refractivity contribution in [3.63, 3.8) is 0 Å². The van der Waals surface area contributed by atoms with E-state index in [0.717, 1.165) is 41.7 Å². The maximum Gasteiger partial charge on any atom is 0.213 e. The quantitative estimate of drug-likeness (QED) is 0.498. The number of methoxy groups -OCH3 is 1. The number of rotatable bonds is 9. The molecule has 1 saturated heterocycles. The Labute approximate surface area is 193 Å². The van der Waals surface area contributed by atoms with Crippen molar-refractivity contribution in [1.82, 2.24) is 4.98 Å². The number of aliphatic hydroxyl groups is 1. The predicted molar refractivity (Wildman–Crippen MR) is 125 cm³/mol. The molecule has 2 aromatic carbocycles. The lowest BCUT2D eigenvalue weighted by Gasteiger charge is -2.23. The molecule has 0 aliphatic carbocycles. The molecule has 6 nitrogen and oxygen atoms in total. The molecule has 1 aliphatic heterocycles. The highest BCUT2D eigenvalue weighted by molar-refractivity contribution is 5.58. The van der Waals surface area contributed by atoms with E-state index in [1.165, 1.54) is 6.07 Å². The van der Waals surface area contributed by atoms with E-state index >= 15 is 0 Å². The smallest absolute Gasteiger partial charge is 0.213 e. The molecule has 1 N–H and O–H groups in total. The summed E-state index contributed by atoms with van der Waals surface area (Å²) in [5.74, 6) is 1.49. The van der Waals surface area contributed by atoms with Crippen LogP contribution in [0.3, 0.4) is 0 Å². The lowest BCUT2D eigenvalue weighted by molar-refractivity contribution is 0.117. The lowest BCUT2D eigenvalue weighted by Crippen LogP contribution is -2.25. The Kier molecular flexibility index (Phi) is 7.42. The first kappa shape index (κ1) is 23.0. The molecule has 2 heterocycles. The van der Waals surface area contributed by atoms with Crippen LogP contribution in [0.1, 0.15) is 30.6 Å². The average Bonchev–Trinajstić information content (AvgIpc) is 3.29. The molecule has 33 heavy (non-hydrogen) atoms. The van der Waals surface area contributed by atoms with Crippen LogP contribution in [0.4, 0.5) is 10.1 Å². The van der Waals surface area contributed by atoms with Gasteiger partial charge in [-0.3, -0.25) is 0 Å². The van der Waals surface area contributed by atoms with E-state index in [0.29, 0.717) is 24.6 Å². The van der Waals surface area contributed by atoms with Crippen molar-refractivity contribution in [2.45, 2.75) is 32.0 Å². The van der Waals surface area contributed by atoms with Gasteiger partial charge in [-0.2, -0.15) is 0 Å². The summed E-state index contributed by atoms with van der Waals surface area (Å²) in [5, 5.41) is 9.65. The van der Waals surface area contributed by atoms with Crippen molar-refractivity contribution >= 4 is 5.69 Å². The molecule has 1 fully saturated rings. The minimum Gasteiger partial charge on any atom is -0.472 e. The summed E-state index contributed by atoms with van der Waals surface area (Å²) in [7, 11) is 1.68. The maximum atomic E-state index is 13.1. The fourth-order valence-corrected chi connectivity index (χ4v) is 4.06. The molecule has 174 valence electrons. The highest BCUT2D eigenvalue weighted by Crippen LogP contribution is 2.34. The summed E-state index contributed by atoms with van der Waals surface area (Å²) in [6.07, 6.45) is 2.38. The molecule has 1 aliphatic rings. The molecule has 0 saturated carbocycles. The van der Waals surface area contributed by atoms with Gasteiger partial charge in [-0.1, -0.05) is 18.2 Å². The highest BCUT2D eigenvalue weighted by atomic mass is 19.1. The SMILES string of the molecule is COC(C)c1ccccc1Oc1ccc(N2CCC(Oc3ccc(F)cn3)C2)c(CCO)c1. The van der Waals surface area contributed by atoms with Gasteiger partial charge >= 0.3 is 0 Å². The van der Waals surface area contributed by atoms with Crippen molar-refractivity contribution < 1.29 is 23.7 Å². The standard InChI is InChI=1S/C26H29FN2O4/c1-18(31-2)23-5-3-4-6-25(23)32-21-8-9-24(19(15-21)12-14-30)29-13-11-22(17-29)33-26-10-7-20(27)16-28-26/h3-10,15-16,18,22,30H,11-14,17H2,1-2H3. The molecule has 3 aromatic rings. The predicted octanol–water partition coefficient (Wildman–Crippen LogP) is 4.91. The molecule has 0 spiro atoms. The summed E-state index contributed by atoms with van der Waals surface area (Å²) in [6.45, 7) is 3.53. The zero-order valence-electron chi connectivity index (χ0n) is 18.9. The van der Waals surface area contributed by atoms with E-state index in [1.807, 2.05) is 49.4 Å². The van der Waals surface area contributed by atoms with Gasteiger partial charge in [-0.05, 0) is 49.2 Å². The largest absolute Gasteiger partial charge is 0.472 e. The molecule has 0 radical (unpaired) electrons. The molecule has 7 heteroatoms. The summed E-state index contributed by atoms with van der Waals surface area (Å²) in [4.78, 5) is 6.23. The first-order chi connectivity index (χ1) is 16.1. The second-order valence-electron chi connectivity index (χ2n) is 8.07. The van der Waals surface area contributed by atoms with E-state index in [-0.39, 0.29) is 24.6 Å². The van der Waals surface area contributed by atoms with Crippen LogP contribution in [0.25, 0.3) is 0 Å². The van der Waals surface area contributed by atoms with Crippen molar-refractivity contribution in [2.75, 3.05) is 31.7 Å². The van der Waals surface area contributed by atoms with E-state index in [1.54, 1.807) is 13.2 Å². The number of para-hydroxylation sites is 1. The Balaban J connectivity index is 1.49. The summed E-state index contributed by atoms with van der Waals surface area (Å²) in [6, 6.07) is 16.7. The topological polar surface area (TPSA) is 64.1 Å². The average molecular weight is 453 g/mol. The van der Waals surface area contributed by atoms with Crippen molar-refractivity contribution in [3.8, 4) is 17.4 Å². The van der Waals surface area contributed by atoms with E-state index in [2.05, 4.69) is 9.88 Å². The number of benzene rings is 2. The third-order valence-corrected chi connectivity index (χ3v) is 5.84. The molecule has 4 rings (SSSR count). The number of anilines is 1. The number of halogens is 1. The van der Waals surface area contributed by atoms with Crippen LogP contribution < -0.4 is 14.4 Å². The fourth-order valence-electron chi connectivity index (χ4n) is 4.06. The Hall–Kier alpha value is -3.16. The zero-order chi connectivity index (χ0) is 23.2. The molecule has 2 unspecified atom stereocenters. The molecule has 0 bridgehead atoms. The fraction of sp³-hybridized carbons (Fsp3) is 0.346. The zero-order valence-corrected chi connectivity index (χ0v) is 18.9. The third kappa shape index (κ3) is 5.61. The molecular formula is C26H29FN2O4. The first-order valence-corrected chi connectivity index (χ1v) is 11.1. The lowest BCUT2D eigenvalue weighted by atomic mass is 10.1. The normalized spacial score (nSPS) is 16.6. The third-order valence-electron chi connectivity index (χ3n) is 5.84. The van der Waals surface area contributed by atoms with E-state index in [9.17, 15) is 9.50 Å². The van der Waals surface area contributed by atoms with Crippen LogP contribution in [-0.4, -0.2) is 43.0 Å². The second kappa shape index (κ2) is 10.6. The number of pyridine rings is 1. The van der Waals surface area contributed by atoms with Crippen LogP contribution >= 0.6 is 0 Å². The van der Waals surface area contributed by atoms with Gasteiger partial charge in [0.15, 0.2) is 0 Å². The molecule has 2 atom stereocenters. The molecular weight excluding hydrogens is 423 g/mol. The van der Waals surface area contributed by atoms with Gasteiger partial charge in [0.05, 0.1) is 18.8 Å². The summed E-state index contributed by atoms with van der Waals surface area (Å²) < 4.78 is 30.7. The van der Waals surface area contributed by atoms with Crippen molar-refractivity contribution in [1.29, 1.82) is 0 Å². The van der Waals surface area contributed by atoms with Gasteiger partial charge in [0.1, 0.15) is 23.4 Å². The number of nitrogens with zero attached hydrogens (tertiary/aromatic N) is 2. The van der Waals surface area contributed by atoms with Gasteiger partial charge in [-0.25, -0.2) is 9.37 Å². The summed E-state index contributed by atoms with van der Waals surface area (Å²) >= 11 is 0. The number of aliphatic hydroxyl groups excluding tert-OH is 1. The maximum absolute atomic E-state index is 13.1. The Morgan fingerprint density at radius 3 is 2.79 bits per heavy atom. The van der Waals surface area contributed by atoms with Gasteiger partial charge in [0.2, 0.25) is 5.88 Å². The van der Waals surface area contributed by atoms with Crippen molar-refractivity contribution in [2.24, 2.45) is 0 Å². The van der Waals surface area contributed by atoms with Gasteiger partial charge in [0, 0.05) is 44.0 Å². The van der Waals surface area contributed by atoms with Crippen LogP contribution in [0.2, 0.25) is 0 Å². The van der Waals surface area contributed by atoms with E-state index in [4.69, 9.17) is 14.2 Å². The minimum atomic E-state index is -0.384. The minimum absolute atomic E-state index is 0.0386. The number of hydrogen-bond donors (Lipinski definition) is 1. The Morgan fingerprint density at radius 1 is 1.18 bits per heavy atom. The Morgan fingerprint density at radius 2 is 2.03 bits per heavy atom.